The highest BCUT2D eigenvalue weighted by atomic mass is 32.2. The number of allylic oxidation sites excluding steroid dienone is 1. The highest BCUT2D eigenvalue weighted by molar-refractivity contribution is 7.92. The summed E-state index contributed by atoms with van der Waals surface area (Å²) >= 11 is 0. The lowest BCUT2D eigenvalue weighted by Gasteiger charge is -2.14. The molecular weight excluding hydrogens is 498 g/mol. The molecule has 0 heterocycles. The SMILES string of the molecule is C=Nc1ccc(/C(=C/C)c2c(F)c(F)cc(F)c2F)cc1NS(C)(=O)=O.CC.CC.CC.CNOC. The van der Waals surface area contributed by atoms with Crippen molar-refractivity contribution >= 4 is 33.7 Å². The van der Waals surface area contributed by atoms with Crippen LogP contribution in [0.4, 0.5) is 28.9 Å². The van der Waals surface area contributed by atoms with Gasteiger partial charge in [-0.25, -0.2) is 31.5 Å². The van der Waals surface area contributed by atoms with E-state index in [0.29, 0.717) is 0 Å². The minimum absolute atomic E-state index is 0.00274. The average Bonchev–Trinajstić information content (AvgIpc) is 2.88. The molecule has 0 aromatic heterocycles. The van der Waals surface area contributed by atoms with E-state index in [1.54, 1.807) is 14.2 Å². The number of hydroxylamine groups is 1. The number of hydrogen-bond donors (Lipinski definition) is 2. The summed E-state index contributed by atoms with van der Waals surface area (Å²) in [5, 5.41) is 0. The predicted molar refractivity (Wildman–Crippen MR) is 143 cm³/mol. The summed E-state index contributed by atoms with van der Waals surface area (Å²) < 4.78 is 80.5. The second-order valence-corrected chi connectivity index (χ2v) is 7.47. The maximum atomic E-state index is 14.1. The van der Waals surface area contributed by atoms with Gasteiger partial charge in [-0.1, -0.05) is 53.7 Å². The first-order valence-corrected chi connectivity index (χ1v) is 13.2. The molecule has 0 spiro atoms. The number of anilines is 1. The molecule has 0 saturated heterocycles. The van der Waals surface area contributed by atoms with Gasteiger partial charge in [0.15, 0.2) is 23.3 Å². The van der Waals surface area contributed by atoms with Crippen LogP contribution < -0.4 is 10.2 Å². The van der Waals surface area contributed by atoms with Gasteiger partial charge >= 0.3 is 0 Å². The molecule has 2 N–H and O–H groups in total. The van der Waals surface area contributed by atoms with Crippen molar-refractivity contribution in [3.8, 4) is 0 Å². The topological polar surface area (TPSA) is 79.8 Å². The van der Waals surface area contributed by atoms with Gasteiger partial charge in [-0.3, -0.25) is 9.71 Å². The van der Waals surface area contributed by atoms with Crippen LogP contribution in [0.15, 0.2) is 35.3 Å². The van der Waals surface area contributed by atoms with Crippen molar-refractivity contribution in [1.82, 2.24) is 5.48 Å². The molecular formula is C25H39F4N3O3S. The van der Waals surface area contributed by atoms with Gasteiger partial charge in [0.2, 0.25) is 10.0 Å². The highest BCUT2D eigenvalue weighted by Gasteiger charge is 2.23. The minimum Gasteiger partial charge on any atom is -0.305 e. The number of benzene rings is 2. The Labute approximate surface area is 213 Å². The molecule has 206 valence electrons. The Morgan fingerprint density at radius 1 is 0.972 bits per heavy atom. The van der Waals surface area contributed by atoms with E-state index in [1.165, 1.54) is 31.2 Å². The van der Waals surface area contributed by atoms with Gasteiger partial charge in [-0.15, -0.1) is 0 Å². The van der Waals surface area contributed by atoms with E-state index in [4.69, 9.17) is 0 Å². The normalized spacial score (nSPS) is 10.1. The van der Waals surface area contributed by atoms with Crippen LogP contribution in [-0.4, -0.2) is 35.5 Å². The molecule has 6 nitrogen and oxygen atoms in total. The van der Waals surface area contributed by atoms with Gasteiger partial charge in [0, 0.05) is 13.1 Å². The van der Waals surface area contributed by atoms with Crippen molar-refractivity contribution in [3.63, 3.8) is 0 Å². The van der Waals surface area contributed by atoms with Crippen LogP contribution in [0.2, 0.25) is 0 Å². The molecule has 0 amide bonds. The van der Waals surface area contributed by atoms with E-state index in [2.05, 4.69) is 26.7 Å². The molecule has 0 aliphatic heterocycles. The highest BCUT2D eigenvalue weighted by Crippen LogP contribution is 2.35. The third kappa shape index (κ3) is 12.3. The maximum Gasteiger partial charge on any atom is 0.229 e. The number of nitrogens with one attached hydrogen (secondary N) is 2. The Kier molecular flexibility index (Phi) is 21.4. The van der Waals surface area contributed by atoms with Gasteiger partial charge < -0.3 is 4.84 Å². The Balaban J connectivity index is -0.000000951. The number of sulfonamides is 1. The van der Waals surface area contributed by atoms with E-state index in [0.717, 1.165) is 6.26 Å². The van der Waals surface area contributed by atoms with E-state index in [9.17, 15) is 26.0 Å². The van der Waals surface area contributed by atoms with Crippen LogP contribution in [-0.2, 0) is 14.9 Å². The Morgan fingerprint density at radius 2 is 1.42 bits per heavy atom. The van der Waals surface area contributed by atoms with Gasteiger partial charge in [0.25, 0.3) is 0 Å². The fourth-order valence-corrected chi connectivity index (χ4v) is 2.95. The maximum absolute atomic E-state index is 14.1. The fraction of sp³-hybridized carbons (Fsp3) is 0.400. The quantitative estimate of drug-likeness (QED) is 0.176. The lowest BCUT2D eigenvalue weighted by Crippen LogP contribution is -2.10. The van der Waals surface area contributed by atoms with Crippen LogP contribution in [0, 0.1) is 23.3 Å². The third-order valence-electron chi connectivity index (χ3n) is 3.65. The Hall–Kier alpha value is -2.76. The van der Waals surface area contributed by atoms with Crippen molar-refractivity contribution in [2.75, 3.05) is 25.1 Å². The van der Waals surface area contributed by atoms with E-state index in [-0.39, 0.29) is 28.6 Å². The van der Waals surface area contributed by atoms with Gasteiger partial charge in [0.1, 0.15) is 0 Å². The molecule has 0 saturated carbocycles. The zero-order valence-electron chi connectivity index (χ0n) is 22.7. The molecule has 0 aliphatic rings. The van der Waals surface area contributed by atoms with Crippen molar-refractivity contribution in [2.45, 2.75) is 48.5 Å². The zero-order valence-corrected chi connectivity index (χ0v) is 23.5. The Morgan fingerprint density at radius 3 is 1.75 bits per heavy atom. The molecule has 0 bridgehead atoms. The monoisotopic (exact) mass is 537 g/mol. The summed E-state index contributed by atoms with van der Waals surface area (Å²) in [7, 11) is -0.401. The van der Waals surface area contributed by atoms with Crippen molar-refractivity contribution in [2.24, 2.45) is 4.99 Å². The average molecular weight is 538 g/mol. The summed E-state index contributed by atoms with van der Waals surface area (Å²) in [4.78, 5) is 7.94. The second kappa shape index (κ2) is 20.4. The summed E-state index contributed by atoms with van der Waals surface area (Å²) in [6, 6.07) is 4.07. The van der Waals surface area contributed by atoms with Crippen LogP contribution in [0.5, 0.6) is 0 Å². The molecule has 2 aromatic rings. The first-order chi connectivity index (χ1) is 17.0. The lowest BCUT2D eigenvalue weighted by molar-refractivity contribution is 0.112. The van der Waals surface area contributed by atoms with Crippen LogP contribution in [0.1, 0.15) is 59.6 Å². The first-order valence-electron chi connectivity index (χ1n) is 11.3. The van der Waals surface area contributed by atoms with Crippen LogP contribution in [0.3, 0.4) is 0 Å². The van der Waals surface area contributed by atoms with Crippen LogP contribution in [0.25, 0.3) is 5.57 Å². The first kappa shape index (κ1) is 37.8. The molecule has 0 unspecified atom stereocenters. The van der Waals surface area contributed by atoms with Gasteiger partial charge in [-0.05, 0) is 36.9 Å². The summed E-state index contributed by atoms with van der Waals surface area (Å²) in [5.41, 5.74) is 1.66. The minimum atomic E-state index is -3.68. The molecule has 0 radical (unpaired) electrons. The zero-order chi connectivity index (χ0) is 29.1. The lowest BCUT2D eigenvalue weighted by atomic mass is 9.95. The van der Waals surface area contributed by atoms with Crippen molar-refractivity contribution < 1.29 is 30.8 Å². The molecule has 2 rings (SSSR count). The number of halogens is 4. The summed E-state index contributed by atoms with van der Waals surface area (Å²) in [6.45, 7) is 16.7. The molecule has 36 heavy (non-hydrogen) atoms. The molecule has 11 heteroatoms. The van der Waals surface area contributed by atoms with E-state index in [1.807, 2.05) is 41.5 Å². The van der Waals surface area contributed by atoms with E-state index >= 15 is 0 Å². The predicted octanol–water partition coefficient (Wildman–Crippen LogP) is 7.24. The molecule has 0 atom stereocenters. The summed E-state index contributed by atoms with van der Waals surface area (Å²) in [6.07, 6.45) is 2.16. The molecule has 0 aliphatic carbocycles. The third-order valence-corrected chi connectivity index (χ3v) is 4.24. The standard InChI is InChI=1S/C17H14F4N2O2S.C2H7NO.3C2H6/c1-4-10(15-16(20)11(18)8-12(19)17(15)21)9-5-6-13(22-2)14(7-9)23-26(3,24)25;1-3-4-2;3*1-2/h4-8,23H,2H2,1,3H3;3H,1-2H3;3*1-2H3/b10-4-;;;;. The Bertz CT molecular complexity index is 1030. The largest absolute Gasteiger partial charge is 0.305 e. The van der Waals surface area contributed by atoms with Gasteiger partial charge in [0.05, 0.1) is 30.3 Å². The molecule has 2 aromatic carbocycles. The van der Waals surface area contributed by atoms with E-state index < -0.39 is 38.9 Å². The van der Waals surface area contributed by atoms with Crippen molar-refractivity contribution in [1.29, 1.82) is 0 Å². The van der Waals surface area contributed by atoms with Gasteiger partial charge in [-0.2, -0.15) is 0 Å². The number of nitrogens with zero attached hydrogens (tertiary/aromatic N) is 1. The fourth-order valence-electron chi connectivity index (χ4n) is 2.39. The second-order valence-electron chi connectivity index (χ2n) is 5.72. The van der Waals surface area contributed by atoms with Crippen LogP contribution >= 0.6 is 0 Å². The smallest absolute Gasteiger partial charge is 0.229 e. The summed E-state index contributed by atoms with van der Waals surface area (Å²) in [5.74, 6) is -6.20. The number of aliphatic imine (C=N–C) groups is 1. The van der Waals surface area contributed by atoms with Crippen molar-refractivity contribution in [3.05, 3.63) is 64.7 Å². The number of hydrogen-bond acceptors (Lipinski definition) is 5. The number of rotatable bonds is 6. The molecule has 0 fully saturated rings.